The summed E-state index contributed by atoms with van der Waals surface area (Å²) in [4.78, 5) is 11.6. The third kappa shape index (κ3) is 4.69. The second-order valence-corrected chi connectivity index (χ2v) is 4.60. The normalized spacial score (nSPS) is 10.6. The Morgan fingerprint density at radius 2 is 2.00 bits per heavy atom. The number of rotatable bonds is 5. The minimum atomic E-state index is -0.348. The third-order valence-electron chi connectivity index (χ3n) is 2.49. The lowest BCUT2D eigenvalue weighted by Gasteiger charge is -2.14. The highest BCUT2D eigenvalue weighted by molar-refractivity contribution is 5.89. The van der Waals surface area contributed by atoms with Crippen molar-refractivity contribution in [2.45, 2.75) is 26.7 Å². The van der Waals surface area contributed by atoms with Crippen LogP contribution in [0.1, 0.15) is 37.0 Å². The van der Waals surface area contributed by atoms with E-state index in [9.17, 15) is 4.79 Å². The maximum atomic E-state index is 11.6. The number of nitrogens with zero attached hydrogens (tertiary/aromatic N) is 1. The fourth-order valence-electron chi connectivity index (χ4n) is 1.39. The van der Waals surface area contributed by atoms with Gasteiger partial charge >= 0.3 is 5.97 Å². The van der Waals surface area contributed by atoms with Crippen molar-refractivity contribution in [1.82, 2.24) is 0 Å². The van der Waals surface area contributed by atoms with Gasteiger partial charge in [-0.15, -0.1) is 0 Å². The summed E-state index contributed by atoms with van der Waals surface area (Å²) in [5, 5.41) is 8.82. The average Bonchev–Trinajstić information content (AvgIpc) is 2.35. The highest BCUT2D eigenvalue weighted by Gasteiger charge is 2.16. The van der Waals surface area contributed by atoms with Crippen molar-refractivity contribution in [3.05, 3.63) is 35.9 Å². The van der Waals surface area contributed by atoms with Crippen molar-refractivity contribution >= 4 is 5.97 Å². The molecule has 1 aromatic carbocycles. The molecule has 0 aliphatic rings. The van der Waals surface area contributed by atoms with Gasteiger partial charge in [0.1, 0.15) is 0 Å². The highest BCUT2D eigenvalue weighted by Crippen LogP contribution is 2.20. The predicted octanol–water partition coefficient (Wildman–Crippen LogP) is 3.17. The molecule has 0 saturated carbocycles. The van der Waals surface area contributed by atoms with E-state index in [-0.39, 0.29) is 11.4 Å². The van der Waals surface area contributed by atoms with Crippen LogP contribution >= 0.6 is 0 Å². The summed E-state index contributed by atoms with van der Waals surface area (Å²) in [6.45, 7) is 4.12. The number of nitriles is 1. The fraction of sp³-hybridized carbons (Fsp3) is 0.429. The van der Waals surface area contributed by atoms with Crippen molar-refractivity contribution in [2.24, 2.45) is 5.41 Å². The molecular weight excluding hydrogens is 214 g/mol. The van der Waals surface area contributed by atoms with Gasteiger partial charge in [-0.05, 0) is 38.8 Å². The first-order valence-corrected chi connectivity index (χ1v) is 5.68. The number of hydrogen-bond acceptors (Lipinski definition) is 3. The Morgan fingerprint density at radius 1 is 1.35 bits per heavy atom. The second-order valence-electron chi connectivity index (χ2n) is 4.60. The summed E-state index contributed by atoms with van der Waals surface area (Å²) in [6.07, 6.45) is 1.44. The Balaban J connectivity index is 2.29. The molecule has 3 heteroatoms. The molecule has 0 N–H and O–H groups in total. The van der Waals surface area contributed by atoms with Crippen molar-refractivity contribution in [2.75, 3.05) is 6.61 Å². The van der Waals surface area contributed by atoms with E-state index in [0.29, 0.717) is 18.6 Å². The summed E-state index contributed by atoms with van der Waals surface area (Å²) < 4.78 is 5.12. The molecule has 0 amide bonds. The standard InChI is InChI=1S/C14H17NO2/c1-14(2,11-15)9-6-10-17-13(16)12-7-4-3-5-8-12/h3-5,7-8H,6,9-10H2,1-2H3. The van der Waals surface area contributed by atoms with Gasteiger partial charge in [-0.2, -0.15) is 5.26 Å². The van der Waals surface area contributed by atoms with E-state index >= 15 is 0 Å². The van der Waals surface area contributed by atoms with Gasteiger partial charge in [-0.3, -0.25) is 0 Å². The van der Waals surface area contributed by atoms with E-state index in [0.717, 1.165) is 6.42 Å². The van der Waals surface area contributed by atoms with Gasteiger partial charge in [0.25, 0.3) is 0 Å². The molecule has 0 fully saturated rings. The lowest BCUT2D eigenvalue weighted by Crippen LogP contribution is -2.11. The molecule has 1 aromatic rings. The van der Waals surface area contributed by atoms with Gasteiger partial charge in [-0.25, -0.2) is 4.79 Å². The van der Waals surface area contributed by atoms with E-state index in [4.69, 9.17) is 10.00 Å². The zero-order chi connectivity index (χ0) is 12.7. The van der Waals surface area contributed by atoms with E-state index in [1.807, 2.05) is 19.9 Å². The van der Waals surface area contributed by atoms with Crippen LogP contribution in [0.4, 0.5) is 0 Å². The molecule has 0 heterocycles. The van der Waals surface area contributed by atoms with Crippen LogP contribution in [-0.4, -0.2) is 12.6 Å². The SMILES string of the molecule is CC(C)(C#N)CCCOC(=O)c1ccccc1. The minimum Gasteiger partial charge on any atom is -0.462 e. The monoisotopic (exact) mass is 231 g/mol. The molecule has 0 radical (unpaired) electrons. The summed E-state index contributed by atoms with van der Waals surface area (Å²) >= 11 is 0. The Labute approximate surface area is 102 Å². The number of hydrogen-bond donors (Lipinski definition) is 0. The molecule has 90 valence electrons. The molecule has 0 saturated heterocycles. The lowest BCUT2D eigenvalue weighted by atomic mass is 9.90. The zero-order valence-electron chi connectivity index (χ0n) is 10.3. The van der Waals surface area contributed by atoms with Gasteiger partial charge < -0.3 is 4.74 Å². The molecule has 0 atom stereocenters. The van der Waals surface area contributed by atoms with Crippen molar-refractivity contribution in [3.8, 4) is 6.07 Å². The van der Waals surface area contributed by atoms with Crippen LogP contribution in [0, 0.1) is 16.7 Å². The Kier molecular flexibility index (Phi) is 4.71. The first kappa shape index (κ1) is 13.2. The summed E-state index contributed by atoms with van der Waals surface area (Å²) in [5.74, 6) is -0.305. The number of benzene rings is 1. The summed E-state index contributed by atoms with van der Waals surface area (Å²) in [7, 11) is 0. The molecule has 0 spiro atoms. The predicted molar refractivity (Wildman–Crippen MR) is 65.4 cm³/mol. The summed E-state index contributed by atoms with van der Waals surface area (Å²) in [6, 6.07) is 11.1. The van der Waals surface area contributed by atoms with Crippen LogP contribution in [-0.2, 0) is 4.74 Å². The van der Waals surface area contributed by atoms with Crippen LogP contribution < -0.4 is 0 Å². The van der Waals surface area contributed by atoms with E-state index in [1.165, 1.54) is 0 Å². The molecule has 17 heavy (non-hydrogen) atoms. The minimum absolute atomic E-state index is 0.305. The number of carbonyl (C=O) groups is 1. The molecule has 0 bridgehead atoms. The topological polar surface area (TPSA) is 50.1 Å². The van der Waals surface area contributed by atoms with Crippen molar-refractivity contribution < 1.29 is 9.53 Å². The lowest BCUT2D eigenvalue weighted by molar-refractivity contribution is 0.0491. The van der Waals surface area contributed by atoms with Gasteiger partial charge in [0, 0.05) is 0 Å². The summed E-state index contributed by atoms with van der Waals surface area (Å²) in [5.41, 5.74) is 0.214. The Bertz CT molecular complexity index is 404. The first-order chi connectivity index (χ1) is 8.05. The molecule has 1 rings (SSSR count). The number of ether oxygens (including phenoxy) is 1. The number of carbonyl (C=O) groups excluding carboxylic acids is 1. The molecule has 3 nitrogen and oxygen atoms in total. The number of esters is 1. The third-order valence-corrected chi connectivity index (χ3v) is 2.49. The van der Waals surface area contributed by atoms with Gasteiger partial charge in [0.15, 0.2) is 0 Å². The average molecular weight is 231 g/mol. The van der Waals surface area contributed by atoms with Crippen molar-refractivity contribution in [3.63, 3.8) is 0 Å². The Morgan fingerprint density at radius 3 is 2.59 bits per heavy atom. The Hall–Kier alpha value is -1.82. The van der Waals surface area contributed by atoms with Crippen LogP contribution in [0.3, 0.4) is 0 Å². The quantitative estimate of drug-likeness (QED) is 0.577. The van der Waals surface area contributed by atoms with Crippen LogP contribution in [0.5, 0.6) is 0 Å². The van der Waals surface area contributed by atoms with Crippen LogP contribution in [0.25, 0.3) is 0 Å². The largest absolute Gasteiger partial charge is 0.462 e. The molecule has 0 aliphatic heterocycles. The van der Waals surface area contributed by atoms with E-state index in [2.05, 4.69) is 6.07 Å². The smallest absolute Gasteiger partial charge is 0.338 e. The van der Waals surface area contributed by atoms with Crippen LogP contribution in [0.15, 0.2) is 30.3 Å². The first-order valence-electron chi connectivity index (χ1n) is 5.68. The highest BCUT2D eigenvalue weighted by atomic mass is 16.5. The van der Waals surface area contributed by atoms with Gasteiger partial charge in [0.05, 0.1) is 23.7 Å². The fourth-order valence-corrected chi connectivity index (χ4v) is 1.39. The van der Waals surface area contributed by atoms with Crippen molar-refractivity contribution in [1.29, 1.82) is 5.26 Å². The van der Waals surface area contributed by atoms with Gasteiger partial charge in [0.2, 0.25) is 0 Å². The van der Waals surface area contributed by atoms with Crippen LogP contribution in [0.2, 0.25) is 0 Å². The molecule has 0 aromatic heterocycles. The molecular formula is C14H17NO2. The van der Waals surface area contributed by atoms with Gasteiger partial charge in [-0.1, -0.05) is 18.2 Å². The van der Waals surface area contributed by atoms with E-state index in [1.54, 1.807) is 24.3 Å². The zero-order valence-corrected chi connectivity index (χ0v) is 10.3. The molecule has 0 unspecified atom stereocenters. The molecule has 0 aliphatic carbocycles. The maximum absolute atomic E-state index is 11.6. The second kappa shape index (κ2) is 6.05. The van der Waals surface area contributed by atoms with E-state index < -0.39 is 0 Å². The maximum Gasteiger partial charge on any atom is 0.338 e.